The minimum absolute atomic E-state index is 0.0846. The molecule has 6 heteroatoms. The highest BCUT2D eigenvalue weighted by Crippen LogP contribution is 2.10. The van der Waals surface area contributed by atoms with E-state index in [4.69, 9.17) is 15.3 Å². The molecule has 0 saturated heterocycles. The summed E-state index contributed by atoms with van der Waals surface area (Å²) in [7, 11) is 0. The second-order valence-corrected chi connectivity index (χ2v) is 3.88. The molecule has 0 spiro atoms. The highest BCUT2D eigenvalue weighted by molar-refractivity contribution is 4.82. The molecule has 0 aromatic carbocycles. The maximum atomic E-state index is 9.36. The van der Waals surface area contributed by atoms with Gasteiger partial charge in [-0.15, -0.1) is 0 Å². The van der Waals surface area contributed by atoms with Crippen LogP contribution in [0.4, 0.5) is 0 Å². The number of aliphatic hydroxyl groups excluding tert-OH is 6. The maximum Gasteiger partial charge on any atom is 0.105 e. The van der Waals surface area contributed by atoms with Gasteiger partial charge in [-0.1, -0.05) is 0 Å². The quantitative estimate of drug-likeness (QED) is 0.284. The molecule has 0 heterocycles. The first-order chi connectivity index (χ1) is 7.40. The van der Waals surface area contributed by atoms with E-state index < -0.39 is 37.1 Å². The van der Waals surface area contributed by atoms with Gasteiger partial charge in [0, 0.05) is 0 Å². The predicted molar refractivity (Wildman–Crippen MR) is 56.3 cm³/mol. The summed E-state index contributed by atoms with van der Waals surface area (Å²) < 4.78 is 0. The summed E-state index contributed by atoms with van der Waals surface area (Å²) >= 11 is 0. The van der Waals surface area contributed by atoms with Gasteiger partial charge in [0.15, 0.2) is 0 Å². The molecular formula is C10H21O6. The van der Waals surface area contributed by atoms with Gasteiger partial charge < -0.3 is 30.6 Å². The van der Waals surface area contributed by atoms with Crippen LogP contribution in [0.3, 0.4) is 0 Å². The molecule has 6 nitrogen and oxygen atoms in total. The molecule has 0 bridgehead atoms. The van der Waals surface area contributed by atoms with E-state index in [0.29, 0.717) is 0 Å². The van der Waals surface area contributed by atoms with Crippen LogP contribution in [0.1, 0.15) is 19.8 Å². The summed E-state index contributed by atoms with van der Waals surface area (Å²) in [5, 5.41) is 54.4. The molecule has 5 atom stereocenters. The monoisotopic (exact) mass is 237 g/mol. The Balaban J connectivity index is 3.73. The fraction of sp³-hybridized carbons (Fsp3) is 0.900. The van der Waals surface area contributed by atoms with Gasteiger partial charge in [-0.25, -0.2) is 0 Å². The lowest BCUT2D eigenvalue weighted by Gasteiger charge is -2.21. The normalized spacial score (nSPS) is 21.2. The van der Waals surface area contributed by atoms with E-state index in [1.54, 1.807) is 0 Å². The highest BCUT2D eigenvalue weighted by atomic mass is 16.4. The van der Waals surface area contributed by atoms with Crippen LogP contribution in [0.5, 0.6) is 0 Å². The third kappa shape index (κ3) is 5.74. The van der Waals surface area contributed by atoms with E-state index in [1.807, 2.05) is 0 Å². The first-order valence-corrected chi connectivity index (χ1v) is 5.23. The van der Waals surface area contributed by atoms with Crippen LogP contribution < -0.4 is 0 Å². The van der Waals surface area contributed by atoms with E-state index in [9.17, 15) is 15.3 Å². The van der Waals surface area contributed by atoms with Crippen LogP contribution in [-0.4, -0.2) is 67.8 Å². The molecule has 0 fully saturated rings. The standard InChI is InChI=1S/C10H21O6/c1-6(12)10(16)8(14)4-2-3-7(13)9(15)5-11/h2,6-16H,3-5H2,1H3. The van der Waals surface area contributed by atoms with Crippen molar-refractivity contribution in [2.75, 3.05) is 6.61 Å². The van der Waals surface area contributed by atoms with E-state index in [2.05, 4.69) is 0 Å². The molecule has 0 aliphatic heterocycles. The Kier molecular flexibility index (Phi) is 7.82. The second kappa shape index (κ2) is 7.94. The predicted octanol–water partition coefficient (Wildman–Crippen LogP) is -2.21. The van der Waals surface area contributed by atoms with E-state index >= 15 is 0 Å². The van der Waals surface area contributed by atoms with Gasteiger partial charge in [0.25, 0.3) is 0 Å². The van der Waals surface area contributed by atoms with Crippen LogP contribution in [0.15, 0.2) is 0 Å². The van der Waals surface area contributed by atoms with Crippen molar-refractivity contribution in [3.05, 3.63) is 6.42 Å². The Hall–Kier alpha value is -0.240. The molecule has 0 aromatic heterocycles. The summed E-state index contributed by atoms with van der Waals surface area (Å²) in [5.41, 5.74) is 0. The molecule has 6 N–H and O–H groups in total. The first-order valence-electron chi connectivity index (χ1n) is 5.23. The third-order valence-corrected chi connectivity index (χ3v) is 2.34. The fourth-order valence-corrected chi connectivity index (χ4v) is 1.18. The SMILES string of the molecule is CC(O)C(O)C(O)C[CH]CC(O)C(O)CO. The Bertz CT molecular complexity index is 175. The molecule has 0 rings (SSSR count). The largest absolute Gasteiger partial charge is 0.394 e. The van der Waals surface area contributed by atoms with Crippen LogP contribution in [0.25, 0.3) is 0 Å². The first kappa shape index (κ1) is 15.8. The Morgan fingerprint density at radius 3 is 1.81 bits per heavy atom. The van der Waals surface area contributed by atoms with Gasteiger partial charge in [-0.3, -0.25) is 0 Å². The van der Waals surface area contributed by atoms with Crippen molar-refractivity contribution < 1.29 is 30.6 Å². The molecule has 0 aliphatic rings. The number of hydrogen-bond donors (Lipinski definition) is 6. The lowest BCUT2D eigenvalue weighted by molar-refractivity contribution is -0.0531. The molecule has 97 valence electrons. The number of rotatable bonds is 8. The number of aliphatic hydroxyl groups is 6. The molecule has 0 amide bonds. The lowest BCUT2D eigenvalue weighted by atomic mass is 10.0. The minimum atomic E-state index is -1.24. The lowest BCUT2D eigenvalue weighted by Crippen LogP contribution is -2.36. The summed E-state index contributed by atoms with van der Waals surface area (Å²) in [6, 6.07) is 0. The van der Waals surface area contributed by atoms with Gasteiger partial charge in [0.2, 0.25) is 0 Å². The summed E-state index contributed by atoms with van der Waals surface area (Å²) in [6.07, 6.45) is -4.03. The molecule has 1 radical (unpaired) electrons. The molecule has 5 unspecified atom stereocenters. The zero-order chi connectivity index (χ0) is 12.7. The minimum Gasteiger partial charge on any atom is -0.394 e. The van der Waals surface area contributed by atoms with Gasteiger partial charge >= 0.3 is 0 Å². The van der Waals surface area contributed by atoms with Crippen molar-refractivity contribution in [3.63, 3.8) is 0 Å². The van der Waals surface area contributed by atoms with Gasteiger partial charge in [-0.2, -0.15) is 0 Å². The van der Waals surface area contributed by atoms with Crippen molar-refractivity contribution >= 4 is 0 Å². The zero-order valence-electron chi connectivity index (χ0n) is 9.27. The zero-order valence-corrected chi connectivity index (χ0v) is 9.27. The molecule has 0 aliphatic carbocycles. The maximum absolute atomic E-state index is 9.36. The van der Waals surface area contributed by atoms with E-state index in [1.165, 1.54) is 13.3 Å². The van der Waals surface area contributed by atoms with Crippen molar-refractivity contribution in [1.82, 2.24) is 0 Å². The Morgan fingerprint density at radius 2 is 1.38 bits per heavy atom. The van der Waals surface area contributed by atoms with Crippen molar-refractivity contribution in [3.8, 4) is 0 Å². The van der Waals surface area contributed by atoms with Crippen LogP contribution in [-0.2, 0) is 0 Å². The second-order valence-electron chi connectivity index (χ2n) is 3.88. The van der Waals surface area contributed by atoms with E-state index in [0.717, 1.165) is 0 Å². The van der Waals surface area contributed by atoms with Crippen molar-refractivity contribution in [2.45, 2.75) is 50.3 Å². The highest BCUT2D eigenvalue weighted by Gasteiger charge is 2.22. The molecular weight excluding hydrogens is 216 g/mol. The summed E-state index contributed by atoms with van der Waals surface area (Å²) in [6.45, 7) is 0.826. The van der Waals surface area contributed by atoms with Crippen LogP contribution in [0, 0.1) is 6.42 Å². The van der Waals surface area contributed by atoms with Gasteiger partial charge in [-0.05, 0) is 26.2 Å². The molecule has 0 saturated carbocycles. The Labute approximate surface area is 94.8 Å². The molecule has 16 heavy (non-hydrogen) atoms. The van der Waals surface area contributed by atoms with Crippen molar-refractivity contribution in [1.29, 1.82) is 0 Å². The van der Waals surface area contributed by atoms with Gasteiger partial charge in [0.1, 0.15) is 12.2 Å². The van der Waals surface area contributed by atoms with Crippen LogP contribution >= 0.6 is 0 Å². The summed E-state index contributed by atoms with van der Waals surface area (Å²) in [5.74, 6) is 0. The van der Waals surface area contributed by atoms with Crippen molar-refractivity contribution in [2.24, 2.45) is 0 Å². The number of hydrogen-bond acceptors (Lipinski definition) is 6. The summed E-state index contributed by atoms with van der Waals surface area (Å²) in [4.78, 5) is 0. The smallest absolute Gasteiger partial charge is 0.105 e. The third-order valence-electron chi connectivity index (χ3n) is 2.34. The van der Waals surface area contributed by atoms with Gasteiger partial charge in [0.05, 0.1) is 24.9 Å². The van der Waals surface area contributed by atoms with E-state index in [-0.39, 0.29) is 12.8 Å². The van der Waals surface area contributed by atoms with Crippen LogP contribution in [0.2, 0.25) is 0 Å². The average Bonchev–Trinajstić information content (AvgIpc) is 2.26. The fourth-order valence-electron chi connectivity index (χ4n) is 1.18. The topological polar surface area (TPSA) is 121 Å². The average molecular weight is 237 g/mol. The Morgan fingerprint density at radius 1 is 0.875 bits per heavy atom. The molecule has 0 aromatic rings.